The van der Waals surface area contributed by atoms with Crippen LogP contribution < -0.4 is 21.1 Å². The van der Waals surface area contributed by atoms with Gasteiger partial charge >= 0.3 is 0 Å². The Morgan fingerprint density at radius 3 is 1.78 bits per heavy atom. The number of rotatable bonds is 7. The minimum Gasteiger partial charge on any atom is -0.355 e. The fourth-order valence-corrected chi connectivity index (χ4v) is 12.2. The van der Waals surface area contributed by atoms with Gasteiger partial charge in [0.1, 0.15) is 0 Å². The van der Waals surface area contributed by atoms with E-state index in [2.05, 4.69) is 267 Å². The van der Waals surface area contributed by atoms with E-state index in [4.69, 9.17) is 0 Å². The summed E-state index contributed by atoms with van der Waals surface area (Å²) >= 11 is 0. The van der Waals surface area contributed by atoms with Gasteiger partial charge in [-0.2, -0.15) is 0 Å². The standard InChI is InChI=1S/C69H68BN3/c1-43-38-56-57(69(10,11)37-36-68(56,8)9)42-59(43)71-60-41-51(72(49-29-25-47(26-30-49)66(2,3)4)50-31-27-48(28-32-50)67(5,6)7)33-34-53(60)55-39-46(44-18-13-12-14-19-44)40-62-64(55)70-58-23-17-22-54-63-52-21-16-15-20-45(52)24-35-61(63)73(62)65(54)58/h12-35,38-42,70-71H,36-37H2,1-11H3. The molecule has 1 aliphatic heterocycles. The number of para-hydroxylation sites is 1. The van der Waals surface area contributed by atoms with Crippen LogP contribution in [0.3, 0.4) is 0 Å². The van der Waals surface area contributed by atoms with Crippen molar-refractivity contribution >= 4 is 79.2 Å². The molecule has 0 amide bonds. The molecule has 1 aromatic heterocycles. The first-order valence-corrected chi connectivity index (χ1v) is 26.6. The predicted octanol–water partition coefficient (Wildman–Crippen LogP) is 17.4. The van der Waals surface area contributed by atoms with Crippen molar-refractivity contribution in [3.63, 3.8) is 0 Å². The molecule has 10 aromatic rings. The molecule has 0 atom stereocenters. The second kappa shape index (κ2) is 16.9. The molecule has 73 heavy (non-hydrogen) atoms. The van der Waals surface area contributed by atoms with Crippen molar-refractivity contribution in [2.24, 2.45) is 0 Å². The smallest absolute Gasteiger partial charge is 0.198 e. The lowest BCUT2D eigenvalue weighted by Gasteiger charge is -2.42. The van der Waals surface area contributed by atoms with E-state index >= 15 is 0 Å². The summed E-state index contributed by atoms with van der Waals surface area (Å²) in [5.74, 6) is 0. The van der Waals surface area contributed by atoms with E-state index in [1.165, 1.54) is 106 Å². The van der Waals surface area contributed by atoms with E-state index in [1.807, 2.05) is 0 Å². The Morgan fingerprint density at radius 1 is 0.521 bits per heavy atom. The number of anilines is 5. The number of aryl methyl sites for hydroxylation is 1. The zero-order valence-electron chi connectivity index (χ0n) is 44.8. The minimum absolute atomic E-state index is 0.0351. The lowest BCUT2D eigenvalue weighted by atomic mass is 9.58. The van der Waals surface area contributed by atoms with Gasteiger partial charge in [0, 0.05) is 56.0 Å². The van der Waals surface area contributed by atoms with E-state index in [9.17, 15) is 0 Å². The van der Waals surface area contributed by atoms with Gasteiger partial charge in [0.05, 0.1) is 5.52 Å². The Hall–Kier alpha value is -7.30. The second-order valence-electron chi connectivity index (χ2n) is 24.7. The summed E-state index contributed by atoms with van der Waals surface area (Å²) < 4.78 is 2.59. The van der Waals surface area contributed by atoms with Gasteiger partial charge < -0.3 is 14.8 Å². The maximum Gasteiger partial charge on any atom is 0.198 e. The van der Waals surface area contributed by atoms with Crippen LogP contribution in [0.5, 0.6) is 0 Å². The maximum absolute atomic E-state index is 4.23. The Kier molecular flexibility index (Phi) is 10.8. The zero-order valence-corrected chi connectivity index (χ0v) is 44.8. The number of aromatic nitrogens is 1. The van der Waals surface area contributed by atoms with E-state index in [-0.39, 0.29) is 21.7 Å². The molecule has 0 fully saturated rings. The minimum atomic E-state index is 0.0351. The van der Waals surface area contributed by atoms with Crippen LogP contribution in [-0.4, -0.2) is 11.8 Å². The zero-order chi connectivity index (χ0) is 50.8. The van der Waals surface area contributed by atoms with Crippen molar-refractivity contribution in [1.29, 1.82) is 0 Å². The Bertz CT molecular complexity index is 3740. The molecule has 2 heterocycles. The lowest BCUT2D eigenvalue weighted by molar-refractivity contribution is 0.332. The highest BCUT2D eigenvalue weighted by Gasteiger charge is 2.38. The molecule has 4 heteroatoms. The average Bonchev–Trinajstić information content (AvgIpc) is 3.72. The van der Waals surface area contributed by atoms with Crippen LogP contribution in [0, 0.1) is 6.92 Å². The number of fused-ring (bicyclic) bond motifs is 8. The van der Waals surface area contributed by atoms with Crippen molar-refractivity contribution in [1.82, 2.24) is 4.57 Å². The van der Waals surface area contributed by atoms with Crippen molar-refractivity contribution in [2.75, 3.05) is 10.2 Å². The molecule has 2 aliphatic rings. The van der Waals surface area contributed by atoms with Gasteiger partial charge in [0.15, 0.2) is 7.28 Å². The van der Waals surface area contributed by atoms with Gasteiger partial charge in [-0.1, -0.05) is 190 Å². The van der Waals surface area contributed by atoms with Gasteiger partial charge in [-0.05, 0) is 163 Å². The number of benzene rings is 9. The summed E-state index contributed by atoms with van der Waals surface area (Å²) in [6.45, 7) is 25.8. The highest BCUT2D eigenvalue weighted by Crippen LogP contribution is 2.49. The third-order valence-electron chi connectivity index (χ3n) is 16.7. The Labute approximate surface area is 434 Å². The SMILES string of the molecule is Cc1cc2c(cc1Nc1cc(N(c3ccc(C(C)(C)C)cc3)c3ccc(C(C)(C)C)cc3)ccc1-c1cc(-c3ccccc3)cc3c1Bc1cccc4c5c6ccccc6ccc5n-3c14)C(C)(C)CCC2(C)C. The number of hydrogen-bond acceptors (Lipinski definition) is 2. The van der Waals surface area contributed by atoms with Crippen LogP contribution in [0.4, 0.5) is 28.4 Å². The second-order valence-corrected chi connectivity index (χ2v) is 24.7. The van der Waals surface area contributed by atoms with Gasteiger partial charge in [0.2, 0.25) is 0 Å². The highest BCUT2D eigenvalue weighted by atomic mass is 15.1. The van der Waals surface area contributed by atoms with Gasteiger partial charge in [-0.25, -0.2) is 0 Å². The topological polar surface area (TPSA) is 20.2 Å². The summed E-state index contributed by atoms with van der Waals surface area (Å²) in [6.07, 6.45) is 2.34. The first kappa shape index (κ1) is 46.8. The number of hydrogen-bond donors (Lipinski definition) is 1. The summed E-state index contributed by atoms with van der Waals surface area (Å²) in [6, 6.07) is 67.0. The molecule has 1 N–H and O–H groups in total. The fourth-order valence-electron chi connectivity index (χ4n) is 12.2. The molecule has 362 valence electrons. The molecular weight excluding hydrogens is 882 g/mol. The summed E-state index contributed by atoms with van der Waals surface area (Å²) in [5.41, 5.74) is 23.9. The third-order valence-corrected chi connectivity index (χ3v) is 16.7. The van der Waals surface area contributed by atoms with Crippen molar-refractivity contribution in [3.05, 3.63) is 204 Å². The van der Waals surface area contributed by atoms with Gasteiger partial charge in [0.25, 0.3) is 0 Å². The van der Waals surface area contributed by atoms with Crippen molar-refractivity contribution in [3.8, 4) is 27.9 Å². The van der Waals surface area contributed by atoms with E-state index in [1.54, 1.807) is 0 Å². The van der Waals surface area contributed by atoms with Crippen LogP contribution in [0.2, 0.25) is 0 Å². The van der Waals surface area contributed by atoms with Crippen molar-refractivity contribution in [2.45, 2.75) is 111 Å². The largest absolute Gasteiger partial charge is 0.355 e. The van der Waals surface area contributed by atoms with Crippen LogP contribution in [0.25, 0.3) is 60.5 Å². The molecule has 0 saturated carbocycles. The number of nitrogens with zero attached hydrogens (tertiary/aromatic N) is 2. The van der Waals surface area contributed by atoms with Crippen LogP contribution >= 0.6 is 0 Å². The quantitative estimate of drug-likeness (QED) is 0.161. The Morgan fingerprint density at radius 2 is 1.12 bits per heavy atom. The number of nitrogens with one attached hydrogen (secondary N) is 1. The fraction of sp³-hybridized carbons (Fsp3) is 0.246. The molecule has 1 aliphatic carbocycles. The molecule has 0 spiro atoms. The molecule has 0 saturated heterocycles. The van der Waals surface area contributed by atoms with E-state index < -0.39 is 0 Å². The highest BCUT2D eigenvalue weighted by molar-refractivity contribution is 6.73. The van der Waals surface area contributed by atoms with Gasteiger partial charge in [-0.3, -0.25) is 0 Å². The first-order chi connectivity index (χ1) is 34.8. The molecular formula is C69H68BN3. The van der Waals surface area contributed by atoms with E-state index in [0.29, 0.717) is 0 Å². The summed E-state index contributed by atoms with van der Waals surface area (Å²) in [7, 11) is 0.819. The predicted molar refractivity (Wildman–Crippen MR) is 317 cm³/mol. The van der Waals surface area contributed by atoms with Crippen LogP contribution in [0.15, 0.2) is 176 Å². The van der Waals surface area contributed by atoms with Crippen LogP contribution in [-0.2, 0) is 21.7 Å². The third kappa shape index (κ3) is 7.97. The van der Waals surface area contributed by atoms with E-state index in [0.717, 1.165) is 42.1 Å². The molecule has 0 radical (unpaired) electrons. The average molecular weight is 950 g/mol. The molecule has 0 bridgehead atoms. The Balaban J connectivity index is 1.13. The molecule has 3 nitrogen and oxygen atoms in total. The normalized spacial score (nSPS) is 14.7. The van der Waals surface area contributed by atoms with Crippen molar-refractivity contribution < 1.29 is 0 Å². The molecule has 9 aromatic carbocycles. The summed E-state index contributed by atoms with van der Waals surface area (Å²) in [5, 5.41) is 9.42. The summed E-state index contributed by atoms with van der Waals surface area (Å²) in [4.78, 5) is 2.44. The monoisotopic (exact) mass is 950 g/mol. The molecule has 12 rings (SSSR count). The first-order valence-electron chi connectivity index (χ1n) is 26.6. The lowest BCUT2D eigenvalue weighted by Crippen LogP contribution is -2.37. The molecule has 0 unspecified atom stereocenters. The maximum atomic E-state index is 4.23. The van der Waals surface area contributed by atoms with Crippen LogP contribution in [0.1, 0.15) is 110 Å². The van der Waals surface area contributed by atoms with Gasteiger partial charge in [-0.15, -0.1) is 0 Å².